The maximum atomic E-state index is 4.47. The Morgan fingerprint density at radius 2 is 1.79 bits per heavy atom. The van der Waals surface area contributed by atoms with E-state index in [9.17, 15) is 0 Å². The van der Waals surface area contributed by atoms with Crippen molar-refractivity contribution in [2.24, 2.45) is 10.9 Å². The lowest BCUT2D eigenvalue weighted by atomic mass is 10.0. The van der Waals surface area contributed by atoms with E-state index in [4.69, 9.17) is 0 Å². The summed E-state index contributed by atoms with van der Waals surface area (Å²) >= 11 is 0. The van der Waals surface area contributed by atoms with Gasteiger partial charge in [-0.2, -0.15) is 0 Å². The molecule has 1 atom stereocenters. The predicted molar refractivity (Wildman–Crippen MR) is 115 cm³/mol. The van der Waals surface area contributed by atoms with Gasteiger partial charge in [0.15, 0.2) is 5.96 Å². The minimum Gasteiger partial charge on any atom is -0.356 e. The number of rotatable bonds is 6. The predicted octanol–water partition coefficient (Wildman–Crippen LogP) is 2.33. The molecule has 1 unspecified atom stereocenters. The first-order chi connectivity index (χ1) is 11.2. The fraction of sp³-hybridized carbons (Fsp3) is 0.944. The van der Waals surface area contributed by atoms with Crippen molar-refractivity contribution < 1.29 is 0 Å². The van der Waals surface area contributed by atoms with Gasteiger partial charge in [0, 0.05) is 52.9 Å². The zero-order chi connectivity index (χ0) is 16.5. The minimum absolute atomic E-state index is 0. The second kappa shape index (κ2) is 12.3. The Balaban J connectivity index is 0.00000288. The lowest BCUT2D eigenvalue weighted by Gasteiger charge is -2.34. The summed E-state index contributed by atoms with van der Waals surface area (Å²) < 4.78 is 0. The molecule has 142 valence electrons. The molecule has 0 saturated carbocycles. The van der Waals surface area contributed by atoms with Gasteiger partial charge < -0.3 is 20.0 Å². The minimum atomic E-state index is 0. The molecule has 0 aliphatic carbocycles. The summed E-state index contributed by atoms with van der Waals surface area (Å²) in [4.78, 5) is 12.1. The topological polar surface area (TPSA) is 34.1 Å². The normalized spacial score (nSPS) is 23.9. The van der Waals surface area contributed by atoms with Crippen molar-refractivity contribution in [3.63, 3.8) is 0 Å². The molecule has 2 aliphatic rings. The fourth-order valence-electron chi connectivity index (χ4n) is 3.70. The number of piperazine rings is 1. The van der Waals surface area contributed by atoms with Crippen LogP contribution < -0.4 is 5.32 Å². The monoisotopic (exact) mass is 451 g/mol. The Bertz CT molecular complexity index is 355. The van der Waals surface area contributed by atoms with E-state index >= 15 is 0 Å². The van der Waals surface area contributed by atoms with E-state index in [1.165, 1.54) is 65.0 Å². The van der Waals surface area contributed by atoms with Gasteiger partial charge in [0.2, 0.25) is 0 Å². The summed E-state index contributed by atoms with van der Waals surface area (Å²) in [6.45, 7) is 15.4. The largest absolute Gasteiger partial charge is 0.356 e. The van der Waals surface area contributed by atoms with E-state index in [1.54, 1.807) is 0 Å². The van der Waals surface area contributed by atoms with Crippen molar-refractivity contribution in [1.82, 2.24) is 20.0 Å². The first kappa shape index (κ1) is 22.0. The molecule has 5 nitrogen and oxygen atoms in total. The molecule has 2 heterocycles. The Morgan fingerprint density at radius 3 is 2.42 bits per heavy atom. The third kappa shape index (κ3) is 7.44. The fourth-order valence-corrected chi connectivity index (χ4v) is 3.70. The molecule has 0 amide bonds. The Morgan fingerprint density at radius 1 is 1.08 bits per heavy atom. The number of likely N-dealkylation sites (N-methyl/N-ethyl adjacent to an activating group) is 1. The molecule has 2 rings (SSSR count). The Kier molecular flexibility index (Phi) is 11.3. The van der Waals surface area contributed by atoms with E-state index in [0.29, 0.717) is 0 Å². The summed E-state index contributed by atoms with van der Waals surface area (Å²) in [5.41, 5.74) is 0. The van der Waals surface area contributed by atoms with E-state index in [1.807, 2.05) is 7.05 Å². The van der Waals surface area contributed by atoms with Gasteiger partial charge >= 0.3 is 0 Å². The van der Waals surface area contributed by atoms with Crippen LogP contribution in [0.5, 0.6) is 0 Å². The van der Waals surface area contributed by atoms with Crippen LogP contribution in [0.25, 0.3) is 0 Å². The third-order valence-electron chi connectivity index (χ3n) is 5.26. The highest BCUT2D eigenvalue weighted by Gasteiger charge is 2.19. The number of nitrogens with zero attached hydrogens (tertiary/aromatic N) is 4. The van der Waals surface area contributed by atoms with Gasteiger partial charge in [0.05, 0.1) is 0 Å². The molecule has 0 aromatic carbocycles. The Hall–Kier alpha value is -0.0800. The number of unbranched alkanes of at least 4 members (excludes halogenated alkanes) is 1. The molecule has 0 radical (unpaired) electrons. The van der Waals surface area contributed by atoms with Gasteiger partial charge in [-0.25, -0.2) is 0 Å². The molecule has 0 bridgehead atoms. The zero-order valence-electron chi connectivity index (χ0n) is 16.0. The number of nitrogens with one attached hydrogen (secondary N) is 1. The summed E-state index contributed by atoms with van der Waals surface area (Å²) in [6, 6.07) is 0. The number of hydrogen-bond donors (Lipinski definition) is 1. The van der Waals surface area contributed by atoms with Crippen LogP contribution in [-0.2, 0) is 0 Å². The molecular formula is C18H38IN5. The van der Waals surface area contributed by atoms with Gasteiger partial charge in [0.25, 0.3) is 0 Å². The third-order valence-corrected chi connectivity index (χ3v) is 5.26. The van der Waals surface area contributed by atoms with Crippen LogP contribution in [0.4, 0.5) is 0 Å². The molecule has 0 spiro atoms. The summed E-state index contributed by atoms with van der Waals surface area (Å²) in [7, 11) is 1.91. The van der Waals surface area contributed by atoms with E-state index < -0.39 is 0 Å². The lowest BCUT2D eigenvalue weighted by molar-refractivity contribution is 0.136. The molecule has 1 N–H and O–H groups in total. The van der Waals surface area contributed by atoms with Crippen LogP contribution in [0.15, 0.2) is 4.99 Å². The van der Waals surface area contributed by atoms with E-state index in [-0.39, 0.29) is 24.0 Å². The SMILES string of the molecule is CCN1CCN(CCCCNC(=NC)N2CCCC(C)C2)CC1.I. The highest BCUT2D eigenvalue weighted by molar-refractivity contribution is 14.0. The quantitative estimate of drug-likeness (QED) is 0.291. The van der Waals surface area contributed by atoms with Crippen LogP contribution in [0.1, 0.15) is 39.5 Å². The zero-order valence-corrected chi connectivity index (χ0v) is 18.3. The van der Waals surface area contributed by atoms with E-state index in [0.717, 1.165) is 31.5 Å². The Labute approximate surface area is 166 Å². The second-order valence-electron chi connectivity index (χ2n) is 7.15. The number of halogens is 1. The number of aliphatic imine (C=N–C) groups is 1. The highest BCUT2D eigenvalue weighted by Crippen LogP contribution is 2.15. The second-order valence-corrected chi connectivity index (χ2v) is 7.15. The van der Waals surface area contributed by atoms with Gasteiger partial charge in [-0.1, -0.05) is 13.8 Å². The molecule has 0 aromatic heterocycles. The average molecular weight is 451 g/mol. The number of guanidine groups is 1. The van der Waals surface area contributed by atoms with Crippen LogP contribution in [0, 0.1) is 5.92 Å². The van der Waals surface area contributed by atoms with Gasteiger partial charge in [-0.15, -0.1) is 24.0 Å². The summed E-state index contributed by atoms with van der Waals surface area (Å²) in [6.07, 6.45) is 5.17. The molecule has 24 heavy (non-hydrogen) atoms. The highest BCUT2D eigenvalue weighted by atomic mass is 127. The van der Waals surface area contributed by atoms with Crippen molar-refractivity contribution in [1.29, 1.82) is 0 Å². The first-order valence-electron chi connectivity index (χ1n) is 9.63. The van der Waals surface area contributed by atoms with Crippen molar-refractivity contribution >= 4 is 29.9 Å². The molecular weight excluding hydrogens is 413 g/mol. The molecule has 2 saturated heterocycles. The van der Waals surface area contributed by atoms with Crippen LogP contribution in [0.3, 0.4) is 0 Å². The van der Waals surface area contributed by atoms with Crippen LogP contribution in [-0.4, -0.2) is 86.6 Å². The summed E-state index contributed by atoms with van der Waals surface area (Å²) in [5.74, 6) is 1.90. The summed E-state index contributed by atoms with van der Waals surface area (Å²) in [5, 5.41) is 3.56. The van der Waals surface area contributed by atoms with Crippen LogP contribution in [0.2, 0.25) is 0 Å². The van der Waals surface area contributed by atoms with Gasteiger partial charge in [0.1, 0.15) is 0 Å². The maximum Gasteiger partial charge on any atom is 0.193 e. The standard InChI is InChI=1S/C18H37N5.HI/c1-4-21-12-14-22(15-13-21)10-6-5-9-20-18(19-3)23-11-7-8-17(2)16-23;/h17H,4-16H2,1-3H3,(H,19,20);1H. The van der Waals surface area contributed by atoms with Crippen molar-refractivity contribution in [2.45, 2.75) is 39.5 Å². The van der Waals surface area contributed by atoms with E-state index in [2.05, 4.69) is 38.9 Å². The van der Waals surface area contributed by atoms with Gasteiger partial charge in [-0.05, 0) is 44.7 Å². The molecule has 6 heteroatoms. The van der Waals surface area contributed by atoms with Crippen molar-refractivity contribution in [3.05, 3.63) is 0 Å². The van der Waals surface area contributed by atoms with Crippen molar-refractivity contribution in [2.75, 3.05) is 66.0 Å². The smallest absolute Gasteiger partial charge is 0.193 e. The molecule has 2 fully saturated rings. The molecule has 2 aliphatic heterocycles. The number of likely N-dealkylation sites (tertiary alicyclic amines) is 1. The van der Waals surface area contributed by atoms with Gasteiger partial charge in [-0.3, -0.25) is 4.99 Å². The maximum absolute atomic E-state index is 4.47. The van der Waals surface area contributed by atoms with Crippen LogP contribution >= 0.6 is 24.0 Å². The number of piperidine rings is 1. The molecule has 0 aromatic rings. The number of hydrogen-bond acceptors (Lipinski definition) is 3. The van der Waals surface area contributed by atoms with Crippen molar-refractivity contribution in [3.8, 4) is 0 Å². The lowest BCUT2D eigenvalue weighted by Crippen LogP contribution is -2.47. The first-order valence-corrected chi connectivity index (χ1v) is 9.63. The average Bonchev–Trinajstić information content (AvgIpc) is 2.58.